The van der Waals surface area contributed by atoms with Crippen molar-refractivity contribution in [2.24, 2.45) is 0 Å². The highest BCUT2D eigenvalue weighted by molar-refractivity contribution is 7.89. The van der Waals surface area contributed by atoms with Crippen LogP contribution in [0.1, 0.15) is 11.3 Å². The maximum Gasteiger partial charge on any atom is 0.244 e. The Morgan fingerprint density at radius 2 is 1.84 bits per heavy atom. The lowest BCUT2D eigenvalue weighted by Gasteiger charge is -2.26. The van der Waals surface area contributed by atoms with E-state index in [0.717, 1.165) is 22.1 Å². The molecule has 2 aromatic heterocycles. The zero-order valence-corrected chi connectivity index (χ0v) is 21.8. The molecule has 0 spiro atoms. The number of ether oxygens (including phenoxy) is 1. The predicted octanol–water partition coefficient (Wildman–Crippen LogP) is 4.08. The summed E-state index contributed by atoms with van der Waals surface area (Å²) in [5, 5.41) is 3.96. The number of hydrogen-bond acceptors (Lipinski definition) is 7. The van der Waals surface area contributed by atoms with Crippen LogP contribution in [-0.4, -0.2) is 49.9 Å². The highest BCUT2D eigenvalue weighted by Crippen LogP contribution is 2.33. The van der Waals surface area contributed by atoms with Crippen molar-refractivity contribution in [1.29, 1.82) is 0 Å². The molecule has 196 valence electrons. The number of pyridine rings is 1. The molecule has 1 amide bonds. The van der Waals surface area contributed by atoms with Gasteiger partial charge in [0.2, 0.25) is 15.9 Å². The molecule has 0 unspecified atom stereocenters. The Morgan fingerprint density at radius 1 is 1.08 bits per heavy atom. The molecule has 1 aliphatic rings. The standard InChI is InChI=1S/C27H25ClN4O5S/c28-24-15-20(19-3-5-23(6-4-19)38(34,35)32-9-11-36-12-10-32)13-21-14-22(37-27(21)24)17-31-26(33)8-2-18-1-7-25(29)30-16-18/h1-8,13-16H,9-12,17H2,(H2,29,30)(H,31,33)/b8-2+. The van der Waals surface area contributed by atoms with Gasteiger partial charge in [0.1, 0.15) is 11.6 Å². The molecule has 3 heterocycles. The maximum absolute atomic E-state index is 12.9. The average Bonchev–Trinajstić information content (AvgIpc) is 3.36. The average molecular weight is 553 g/mol. The number of hydrogen-bond donors (Lipinski definition) is 2. The smallest absolute Gasteiger partial charge is 0.244 e. The summed E-state index contributed by atoms with van der Waals surface area (Å²) in [6, 6.07) is 15.6. The van der Waals surface area contributed by atoms with E-state index >= 15 is 0 Å². The molecule has 11 heteroatoms. The number of benzene rings is 2. The van der Waals surface area contributed by atoms with Crippen molar-refractivity contribution in [2.45, 2.75) is 11.4 Å². The molecule has 0 aliphatic carbocycles. The number of carbonyl (C=O) groups is 1. The molecule has 0 atom stereocenters. The molecule has 1 fully saturated rings. The lowest BCUT2D eigenvalue weighted by molar-refractivity contribution is -0.116. The molecule has 1 aliphatic heterocycles. The van der Waals surface area contributed by atoms with E-state index in [2.05, 4.69) is 10.3 Å². The molecule has 3 N–H and O–H groups in total. The van der Waals surface area contributed by atoms with Gasteiger partial charge in [-0.15, -0.1) is 0 Å². The van der Waals surface area contributed by atoms with Gasteiger partial charge >= 0.3 is 0 Å². The number of nitrogens with two attached hydrogens (primary N) is 1. The van der Waals surface area contributed by atoms with Crippen LogP contribution < -0.4 is 11.1 Å². The summed E-state index contributed by atoms with van der Waals surface area (Å²) in [4.78, 5) is 16.4. The van der Waals surface area contributed by atoms with Crippen molar-refractivity contribution < 1.29 is 22.4 Å². The minimum Gasteiger partial charge on any atom is -0.458 e. The van der Waals surface area contributed by atoms with E-state index < -0.39 is 10.0 Å². The summed E-state index contributed by atoms with van der Waals surface area (Å²) >= 11 is 6.50. The first-order valence-electron chi connectivity index (χ1n) is 11.9. The molecule has 4 aromatic rings. The van der Waals surface area contributed by atoms with E-state index in [9.17, 15) is 13.2 Å². The molecule has 0 radical (unpaired) electrons. The van der Waals surface area contributed by atoms with E-state index in [1.54, 1.807) is 54.7 Å². The van der Waals surface area contributed by atoms with Gasteiger partial charge < -0.3 is 20.2 Å². The minimum atomic E-state index is -3.57. The minimum absolute atomic E-state index is 0.178. The topological polar surface area (TPSA) is 128 Å². The normalized spacial score (nSPS) is 14.8. The van der Waals surface area contributed by atoms with Gasteiger partial charge in [0.05, 0.1) is 29.7 Å². The predicted molar refractivity (Wildman–Crippen MR) is 146 cm³/mol. The monoisotopic (exact) mass is 552 g/mol. The lowest BCUT2D eigenvalue weighted by atomic mass is 10.0. The second kappa shape index (κ2) is 11.0. The van der Waals surface area contributed by atoms with Crippen LogP contribution in [0, 0.1) is 0 Å². The quantitative estimate of drug-likeness (QED) is 0.331. The highest BCUT2D eigenvalue weighted by Gasteiger charge is 2.26. The van der Waals surface area contributed by atoms with Crippen LogP contribution in [-0.2, 0) is 26.1 Å². The van der Waals surface area contributed by atoms with Crippen LogP contribution in [0.2, 0.25) is 5.02 Å². The van der Waals surface area contributed by atoms with Crippen molar-refractivity contribution in [3.63, 3.8) is 0 Å². The van der Waals surface area contributed by atoms with Gasteiger partial charge in [-0.3, -0.25) is 4.79 Å². The van der Waals surface area contributed by atoms with Crippen molar-refractivity contribution in [3.05, 3.63) is 83.2 Å². The van der Waals surface area contributed by atoms with Crippen LogP contribution in [0.15, 0.2) is 76.2 Å². The third-order valence-electron chi connectivity index (χ3n) is 6.09. The Morgan fingerprint density at radius 3 is 2.55 bits per heavy atom. The summed E-state index contributed by atoms with van der Waals surface area (Å²) in [5.41, 5.74) is 8.46. The molecule has 0 saturated carbocycles. The SMILES string of the molecule is Nc1ccc(/C=C/C(=O)NCc2cc3cc(-c4ccc(S(=O)(=O)N5CCOCC5)cc4)cc(Cl)c3o2)cn1. The lowest BCUT2D eigenvalue weighted by Crippen LogP contribution is -2.40. The first-order chi connectivity index (χ1) is 18.3. The third kappa shape index (κ3) is 5.73. The first-order valence-corrected chi connectivity index (χ1v) is 13.7. The number of amides is 1. The number of fused-ring (bicyclic) bond motifs is 1. The van der Waals surface area contributed by atoms with Gasteiger partial charge in [0, 0.05) is 30.7 Å². The Labute approximate surface area is 224 Å². The molecular weight excluding hydrogens is 528 g/mol. The molecule has 5 rings (SSSR count). The number of anilines is 1. The van der Waals surface area contributed by atoms with Gasteiger partial charge in [0.25, 0.3) is 0 Å². The number of halogens is 1. The number of morpholine rings is 1. The summed E-state index contributed by atoms with van der Waals surface area (Å²) in [7, 11) is -3.57. The molecule has 2 aromatic carbocycles. The molecular formula is C27H25ClN4O5S. The second-order valence-electron chi connectivity index (χ2n) is 8.70. The Hall–Kier alpha value is -3.70. The summed E-state index contributed by atoms with van der Waals surface area (Å²) in [6.45, 7) is 1.65. The zero-order valence-electron chi connectivity index (χ0n) is 20.3. The number of nitrogen functional groups attached to an aromatic ring is 1. The van der Waals surface area contributed by atoms with E-state index in [0.29, 0.717) is 48.5 Å². The van der Waals surface area contributed by atoms with Gasteiger partial charge in [-0.2, -0.15) is 4.31 Å². The molecule has 9 nitrogen and oxygen atoms in total. The fraction of sp³-hybridized carbons (Fsp3) is 0.185. The Kier molecular flexibility index (Phi) is 7.48. The van der Waals surface area contributed by atoms with Gasteiger partial charge in [-0.05, 0) is 65.2 Å². The van der Waals surface area contributed by atoms with E-state index in [-0.39, 0.29) is 17.3 Å². The van der Waals surface area contributed by atoms with Gasteiger partial charge in [0.15, 0.2) is 5.58 Å². The van der Waals surface area contributed by atoms with E-state index in [1.165, 1.54) is 10.4 Å². The maximum atomic E-state index is 12.9. The second-order valence-corrected chi connectivity index (χ2v) is 11.0. The molecule has 0 bridgehead atoms. The summed E-state index contributed by atoms with van der Waals surface area (Å²) in [5.74, 6) is 0.662. The van der Waals surface area contributed by atoms with Crippen molar-refractivity contribution in [2.75, 3.05) is 32.0 Å². The fourth-order valence-electron chi connectivity index (χ4n) is 4.09. The number of aromatic nitrogens is 1. The molecule has 38 heavy (non-hydrogen) atoms. The van der Waals surface area contributed by atoms with Crippen molar-refractivity contribution >= 4 is 50.4 Å². The van der Waals surface area contributed by atoms with E-state index in [4.69, 9.17) is 26.5 Å². The van der Waals surface area contributed by atoms with Crippen LogP contribution >= 0.6 is 11.6 Å². The van der Waals surface area contributed by atoms with Crippen LogP contribution in [0.3, 0.4) is 0 Å². The Bertz CT molecular complexity index is 1590. The number of furan rings is 1. The van der Waals surface area contributed by atoms with Gasteiger partial charge in [-0.25, -0.2) is 13.4 Å². The van der Waals surface area contributed by atoms with Crippen LogP contribution in [0.4, 0.5) is 5.82 Å². The largest absolute Gasteiger partial charge is 0.458 e. The first kappa shape index (κ1) is 25.9. The fourth-order valence-corrected chi connectivity index (χ4v) is 5.77. The van der Waals surface area contributed by atoms with Crippen LogP contribution in [0.5, 0.6) is 0 Å². The van der Waals surface area contributed by atoms with Crippen molar-refractivity contribution in [1.82, 2.24) is 14.6 Å². The van der Waals surface area contributed by atoms with E-state index in [1.807, 2.05) is 12.1 Å². The number of nitrogens with one attached hydrogen (secondary N) is 1. The molecule has 1 saturated heterocycles. The Balaban J connectivity index is 1.28. The highest BCUT2D eigenvalue weighted by atomic mass is 35.5. The third-order valence-corrected chi connectivity index (χ3v) is 8.28. The number of sulfonamides is 1. The van der Waals surface area contributed by atoms with Gasteiger partial charge in [-0.1, -0.05) is 23.7 Å². The number of carbonyl (C=O) groups excluding carboxylic acids is 1. The number of nitrogens with zero attached hydrogens (tertiary/aromatic N) is 2. The summed E-state index contributed by atoms with van der Waals surface area (Å²) in [6.07, 6.45) is 4.62. The van der Waals surface area contributed by atoms with Crippen LogP contribution in [0.25, 0.3) is 28.2 Å². The van der Waals surface area contributed by atoms with Crippen molar-refractivity contribution in [3.8, 4) is 11.1 Å². The summed E-state index contributed by atoms with van der Waals surface area (Å²) < 4.78 is 38.3. The zero-order chi connectivity index (χ0) is 26.7. The number of rotatable bonds is 7.